The first-order chi connectivity index (χ1) is 6.05. The predicted molar refractivity (Wildman–Crippen MR) is 57.7 cm³/mol. The number of terminal acetylenes is 1. The highest BCUT2D eigenvalue weighted by molar-refractivity contribution is 5.34. The van der Waals surface area contributed by atoms with Crippen LogP contribution in [0.1, 0.15) is 31.9 Å². The van der Waals surface area contributed by atoms with Gasteiger partial charge in [0.1, 0.15) is 0 Å². The molecule has 1 rings (SSSR count). The Balaban J connectivity index is 3.14. The van der Waals surface area contributed by atoms with Crippen LogP contribution in [0.3, 0.4) is 0 Å². The van der Waals surface area contributed by atoms with Crippen molar-refractivity contribution in [1.29, 1.82) is 0 Å². The molecule has 0 unspecified atom stereocenters. The average molecular weight is 172 g/mol. The fraction of sp³-hybridized carbons (Fsp3) is 0.385. The summed E-state index contributed by atoms with van der Waals surface area (Å²) in [4.78, 5) is 0. The third-order valence-corrected chi connectivity index (χ3v) is 2.12. The summed E-state index contributed by atoms with van der Waals surface area (Å²) in [6, 6.07) is 8.38. The Morgan fingerprint density at radius 1 is 1.23 bits per heavy atom. The van der Waals surface area contributed by atoms with Crippen molar-refractivity contribution >= 4 is 0 Å². The Bertz CT molecular complexity index is 321. The van der Waals surface area contributed by atoms with Crippen LogP contribution in [-0.4, -0.2) is 0 Å². The summed E-state index contributed by atoms with van der Waals surface area (Å²) in [5, 5.41) is 0. The summed E-state index contributed by atoms with van der Waals surface area (Å²) in [5.74, 6) is 2.70. The predicted octanol–water partition coefficient (Wildman–Crippen LogP) is 3.16. The van der Waals surface area contributed by atoms with Gasteiger partial charge in [0.2, 0.25) is 0 Å². The summed E-state index contributed by atoms with van der Waals surface area (Å²) < 4.78 is 0. The van der Waals surface area contributed by atoms with Gasteiger partial charge in [-0.1, -0.05) is 45.0 Å². The first kappa shape index (κ1) is 9.86. The van der Waals surface area contributed by atoms with E-state index in [1.807, 2.05) is 6.07 Å². The molecule has 0 heterocycles. The lowest BCUT2D eigenvalue weighted by Gasteiger charge is -2.21. The minimum Gasteiger partial charge on any atom is -0.120 e. The first-order valence-electron chi connectivity index (χ1n) is 4.57. The van der Waals surface area contributed by atoms with Crippen molar-refractivity contribution in [3.8, 4) is 12.3 Å². The molecule has 0 saturated carbocycles. The van der Waals surface area contributed by atoms with Gasteiger partial charge in [-0.25, -0.2) is 0 Å². The standard InChI is InChI=1S/C13H16/c1-5-8-11-9-6-7-10-12(11)13(2,3)4/h1,6-7,9-10H,8H2,2-4H3. The molecule has 0 heteroatoms. The van der Waals surface area contributed by atoms with E-state index in [0.29, 0.717) is 0 Å². The summed E-state index contributed by atoms with van der Waals surface area (Å²) in [6.45, 7) is 6.63. The van der Waals surface area contributed by atoms with Crippen LogP contribution in [0.25, 0.3) is 0 Å². The van der Waals surface area contributed by atoms with E-state index in [1.54, 1.807) is 0 Å². The second-order valence-corrected chi connectivity index (χ2v) is 4.29. The molecule has 0 radical (unpaired) electrons. The molecule has 0 aromatic heterocycles. The Labute approximate surface area is 81.0 Å². The number of hydrogen-bond donors (Lipinski definition) is 0. The lowest BCUT2D eigenvalue weighted by Crippen LogP contribution is -2.13. The molecule has 1 aromatic rings. The van der Waals surface area contributed by atoms with Crippen LogP contribution in [0.2, 0.25) is 0 Å². The van der Waals surface area contributed by atoms with Crippen molar-refractivity contribution < 1.29 is 0 Å². The third kappa shape index (κ3) is 2.36. The van der Waals surface area contributed by atoms with Crippen LogP contribution >= 0.6 is 0 Å². The molecule has 0 spiro atoms. The van der Waals surface area contributed by atoms with Crippen molar-refractivity contribution in [1.82, 2.24) is 0 Å². The molecule has 0 aliphatic heterocycles. The molecule has 0 aliphatic carbocycles. The lowest BCUT2D eigenvalue weighted by molar-refractivity contribution is 0.585. The Kier molecular flexibility index (Phi) is 2.78. The molecule has 0 amide bonds. The SMILES string of the molecule is C#CCc1ccccc1C(C)(C)C. The van der Waals surface area contributed by atoms with Gasteiger partial charge in [0, 0.05) is 6.42 Å². The molecule has 0 saturated heterocycles. The van der Waals surface area contributed by atoms with Gasteiger partial charge >= 0.3 is 0 Å². The molecule has 0 bridgehead atoms. The first-order valence-corrected chi connectivity index (χ1v) is 4.57. The van der Waals surface area contributed by atoms with Crippen LogP contribution < -0.4 is 0 Å². The van der Waals surface area contributed by atoms with E-state index in [9.17, 15) is 0 Å². The average Bonchev–Trinajstić information content (AvgIpc) is 2.04. The largest absolute Gasteiger partial charge is 0.120 e. The highest BCUT2D eigenvalue weighted by Crippen LogP contribution is 2.25. The summed E-state index contributed by atoms with van der Waals surface area (Å²) in [6.07, 6.45) is 6.05. The smallest absolute Gasteiger partial charge is 0.0340 e. The maximum atomic E-state index is 5.32. The van der Waals surface area contributed by atoms with Gasteiger partial charge in [0.25, 0.3) is 0 Å². The van der Waals surface area contributed by atoms with Crippen LogP contribution in [0.15, 0.2) is 24.3 Å². The maximum absolute atomic E-state index is 5.32. The highest BCUT2D eigenvalue weighted by atomic mass is 14.2. The van der Waals surface area contributed by atoms with E-state index in [1.165, 1.54) is 11.1 Å². The molecule has 68 valence electrons. The van der Waals surface area contributed by atoms with Gasteiger partial charge in [0.15, 0.2) is 0 Å². The highest BCUT2D eigenvalue weighted by Gasteiger charge is 2.16. The zero-order valence-electron chi connectivity index (χ0n) is 8.59. The van der Waals surface area contributed by atoms with Gasteiger partial charge in [-0.2, -0.15) is 0 Å². The summed E-state index contributed by atoms with van der Waals surface area (Å²) in [7, 11) is 0. The van der Waals surface area contributed by atoms with E-state index >= 15 is 0 Å². The van der Waals surface area contributed by atoms with E-state index in [2.05, 4.69) is 44.9 Å². The molecule has 0 aliphatic rings. The third-order valence-electron chi connectivity index (χ3n) is 2.12. The van der Waals surface area contributed by atoms with E-state index < -0.39 is 0 Å². The summed E-state index contributed by atoms with van der Waals surface area (Å²) >= 11 is 0. The minimum atomic E-state index is 0.188. The Hall–Kier alpha value is -1.22. The van der Waals surface area contributed by atoms with Crippen molar-refractivity contribution in [3.63, 3.8) is 0 Å². The van der Waals surface area contributed by atoms with Gasteiger partial charge < -0.3 is 0 Å². The van der Waals surface area contributed by atoms with Gasteiger partial charge in [-0.3, -0.25) is 0 Å². The molecule has 1 aromatic carbocycles. The lowest BCUT2D eigenvalue weighted by atomic mass is 9.83. The van der Waals surface area contributed by atoms with E-state index in [4.69, 9.17) is 6.42 Å². The fourth-order valence-corrected chi connectivity index (χ4v) is 1.52. The molecule has 13 heavy (non-hydrogen) atoms. The molecule has 0 N–H and O–H groups in total. The number of benzene rings is 1. The number of rotatable bonds is 1. The topological polar surface area (TPSA) is 0 Å². The molecule has 0 fully saturated rings. The molecule has 0 atom stereocenters. The normalized spacial score (nSPS) is 10.9. The van der Waals surface area contributed by atoms with Crippen LogP contribution in [0.5, 0.6) is 0 Å². The van der Waals surface area contributed by atoms with Crippen LogP contribution in [-0.2, 0) is 11.8 Å². The van der Waals surface area contributed by atoms with Crippen molar-refractivity contribution in [2.24, 2.45) is 0 Å². The zero-order chi connectivity index (χ0) is 9.90. The van der Waals surface area contributed by atoms with Crippen molar-refractivity contribution in [2.75, 3.05) is 0 Å². The number of hydrogen-bond acceptors (Lipinski definition) is 0. The monoisotopic (exact) mass is 172 g/mol. The maximum Gasteiger partial charge on any atom is 0.0340 e. The molecule has 0 nitrogen and oxygen atoms in total. The second kappa shape index (κ2) is 3.66. The van der Waals surface area contributed by atoms with Crippen molar-refractivity contribution in [2.45, 2.75) is 32.6 Å². The quantitative estimate of drug-likeness (QED) is 0.571. The van der Waals surface area contributed by atoms with Crippen molar-refractivity contribution in [3.05, 3.63) is 35.4 Å². The van der Waals surface area contributed by atoms with Gasteiger partial charge in [0.05, 0.1) is 0 Å². The summed E-state index contributed by atoms with van der Waals surface area (Å²) in [5.41, 5.74) is 2.82. The minimum absolute atomic E-state index is 0.188. The Morgan fingerprint density at radius 2 is 1.85 bits per heavy atom. The van der Waals surface area contributed by atoms with Crippen LogP contribution in [0.4, 0.5) is 0 Å². The second-order valence-electron chi connectivity index (χ2n) is 4.29. The molecular formula is C13H16. The van der Waals surface area contributed by atoms with Crippen LogP contribution in [0, 0.1) is 12.3 Å². The van der Waals surface area contributed by atoms with E-state index in [-0.39, 0.29) is 5.41 Å². The van der Waals surface area contributed by atoms with Gasteiger partial charge in [-0.15, -0.1) is 12.3 Å². The van der Waals surface area contributed by atoms with E-state index in [0.717, 1.165) is 6.42 Å². The Morgan fingerprint density at radius 3 is 2.38 bits per heavy atom. The molecular weight excluding hydrogens is 156 g/mol. The fourth-order valence-electron chi connectivity index (χ4n) is 1.52. The zero-order valence-corrected chi connectivity index (χ0v) is 8.59. The van der Waals surface area contributed by atoms with Gasteiger partial charge in [-0.05, 0) is 16.5 Å².